The van der Waals surface area contributed by atoms with E-state index in [0.717, 1.165) is 4.90 Å². The fourth-order valence-corrected chi connectivity index (χ4v) is 2.15. The van der Waals surface area contributed by atoms with Gasteiger partial charge in [-0.15, -0.1) is 0 Å². The average molecular weight is 259 g/mol. The van der Waals surface area contributed by atoms with Gasteiger partial charge in [-0.1, -0.05) is 25.1 Å². The second-order valence-electron chi connectivity index (χ2n) is 4.20. The molecule has 0 saturated heterocycles. The first kappa shape index (κ1) is 13.0. The van der Waals surface area contributed by atoms with E-state index in [1.165, 1.54) is 12.2 Å². The number of anilines is 1. The zero-order valence-corrected chi connectivity index (χ0v) is 10.4. The summed E-state index contributed by atoms with van der Waals surface area (Å²) in [6.07, 6.45) is 2.75. The number of hydrogen-bond acceptors (Lipinski definition) is 3. The smallest absolute Gasteiger partial charge is 0.311 e. The topological polar surface area (TPSA) is 74.7 Å². The third-order valence-corrected chi connectivity index (χ3v) is 3.07. The molecule has 5 heteroatoms. The summed E-state index contributed by atoms with van der Waals surface area (Å²) >= 11 is 0. The molecule has 0 saturated carbocycles. The van der Waals surface area contributed by atoms with Crippen LogP contribution in [0.2, 0.25) is 0 Å². The van der Waals surface area contributed by atoms with Crippen molar-refractivity contribution >= 4 is 23.5 Å². The number of aliphatic carboxylic acids is 1. The summed E-state index contributed by atoms with van der Waals surface area (Å²) in [5, 5.41) is 9.22. The molecule has 2 rings (SSSR count). The summed E-state index contributed by atoms with van der Waals surface area (Å²) in [7, 11) is 0. The van der Waals surface area contributed by atoms with Crippen molar-refractivity contribution in [3.8, 4) is 0 Å². The van der Waals surface area contributed by atoms with Gasteiger partial charge in [-0.2, -0.15) is 0 Å². The van der Waals surface area contributed by atoms with Gasteiger partial charge in [0.25, 0.3) is 11.8 Å². The van der Waals surface area contributed by atoms with Crippen molar-refractivity contribution in [2.24, 2.45) is 0 Å². The highest BCUT2D eigenvalue weighted by Crippen LogP contribution is 2.31. The lowest BCUT2D eigenvalue weighted by Gasteiger charge is -2.21. The molecule has 0 spiro atoms. The van der Waals surface area contributed by atoms with Crippen molar-refractivity contribution in [1.82, 2.24) is 0 Å². The number of carbonyl (C=O) groups is 3. The minimum Gasteiger partial charge on any atom is -0.481 e. The summed E-state index contributed by atoms with van der Waals surface area (Å²) in [4.78, 5) is 35.6. The summed E-state index contributed by atoms with van der Waals surface area (Å²) < 4.78 is 0. The van der Waals surface area contributed by atoms with Crippen molar-refractivity contribution in [1.29, 1.82) is 0 Å². The van der Waals surface area contributed by atoms with Crippen LogP contribution >= 0.6 is 0 Å². The number of carboxylic acids is 1. The Balaban J connectivity index is 2.50. The van der Waals surface area contributed by atoms with Gasteiger partial charge in [0.05, 0.1) is 11.6 Å². The van der Waals surface area contributed by atoms with Gasteiger partial charge in [0.2, 0.25) is 0 Å². The molecule has 1 aromatic rings. The first-order chi connectivity index (χ1) is 9.06. The van der Waals surface area contributed by atoms with Gasteiger partial charge in [0.1, 0.15) is 0 Å². The van der Waals surface area contributed by atoms with Gasteiger partial charge in [0, 0.05) is 12.2 Å². The maximum absolute atomic E-state index is 11.7. The molecular formula is C14H13NO4. The van der Waals surface area contributed by atoms with Crippen molar-refractivity contribution in [2.75, 3.05) is 4.90 Å². The number of nitrogens with zero attached hydrogens (tertiary/aromatic N) is 1. The van der Waals surface area contributed by atoms with Crippen molar-refractivity contribution in [3.63, 3.8) is 0 Å². The Hall–Kier alpha value is -2.43. The number of imide groups is 1. The number of hydrogen-bond donors (Lipinski definition) is 1. The van der Waals surface area contributed by atoms with Gasteiger partial charge >= 0.3 is 5.97 Å². The maximum atomic E-state index is 11.7. The Bertz CT molecular complexity index is 559. The highest BCUT2D eigenvalue weighted by atomic mass is 16.4. The molecule has 2 amide bonds. The van der Waals surface area contributed by atoms with Crippen LogP contribution in [0, 0.1) is 0 Å². The molecule has 1 aromatic carbocycles. The maximum Gasteiger partial charge on any atom is 0.311 e. The van der Waals surface area contributed by atoms with E-state index < -0.39 is 23.7 Å². The second kappa shape index (κ2) is 5.06. The zero-order chi connectivity index (χ0) is 14.0. The van der Waals surface area contributed by atoms with E-state index in [1.807, 2.05) is 0 Å². The fourth-order valence-electron chi connectivity index (χ4n) is 2.15. The Labute approximate surface area is 110 Å². The number of carboxylic acid groups (broad SMARTS) is 1. The normalized spacial score (nSPS) is 15.9. The molecule has 1 atom stereocenters. The SMILES string of the molecule is CCC(C(=O)O)c1ccccc1N1C(=O)C=CC1=O. The number of para-hydroxylation sites is 1. The molecule has 0 bridgehead atoms. The molecule has 0 fully saturated rings. The van der Waals surface area contributed by atoms with Crippen LogP contribution in [-0.2, 0) is 14.4 Å². The van der Waals surface area contributed by atoms with E-state index in [-0.39, 0.29) is 0 Å². The quantitative estimate of drug-likeness (QED) is 0.835. The third kappa shape index (κ3) is 2.27. The highest BCUT2D eigenvalue weighted by Gasteiger charge is 2.30. The molecule has 1 heterocycles. The van der Waals surface area contributed by atoms with E-state index >= 15 is 0 Å². The zero-order valence-electron chi connectivity index (χ0n) is 10.4. The second-order valence-corrected chi connectivity index (χ2v) is 4.20. The predicted molar refractivity (Wildman–Crippen MR) is 68.7 cm³/mol. The molecule has 98 valence electrons. The van der Waals surface area contributed by atoms with Gasteiger partial charge in [-0.25, -0.2) is 4.90 Å². The van der Waals surface area contributed by atoms with Gasteiger partial charge in [-0.05, 0) is 18.1 Å². The van der Waals surface area contributed by atoms with E-state index in [1.54, 1.807) is 31.2 Å². The molecule has 0 aromatic heterocycles. The number of benzene rings is 1. The van der Waals surface area contributed by atoms with E-state index in [4.69, 9.17) is 0 Å². The summed E-state index contributed by atoms with van der Waals surface area (Å²) in [5.41, 5.74) is 0.819. The number of rotatable bonds is 4. The largest absolute Gasteiger partial charge is 0.481 e. The van der Waals surface area contributed by atoms with Crippen LogP contribution in [0.5, 0.6) is 0 Å². The van der Waals surface area contributed by atoms with Crippen LogP contribution in [0.1, 0.15) is 24.8 Å². The summed E-state index contributed by atoms with van der Waals surface area (Å²) in [6, 6.07) is 6.59. The highest BCUT2D eigenvalue weighted by molar-refractivity contribution is 6.28. The van der Waals surface area contributed by atoms with Crippen LogP contribution in [0.4, 0.5) is 5.69 Å². The molecule has 1 aliphatic heterocycles. The van der Waals surface area contributed by atoms with E-state index in [2.05, 4.69) is 0 Å². The number of carbonyl (C=O) groups excluding carboxylic acids is 2. The molecule has 0 radical (unpaired) electrons. The minimum atomic E-state index is -0.970. The molecule has 0 aliphatic carbocycles. The molecule has 1 unspecified atom stereocenters. The molecule has 5 nitrogen and oxygen atoms in total. The molecular weight excluding hydrogens is 246 g/mol. The van der Waals surface area contributed by atoms with Crippen molar-refractivity contribution < 1.29 is 19.5 Å². The Morgan fingerprint density at radius 3 is 2.32 bits per heavy atom. The van der Waals surface area contributed by atoms with E-state index in [9.17, 15) is 19.5 Å². The fraction of sp³-hybridized carbons (Fsp3) is 0.214. The first-order valence-electron chi connectivity index (χ1n) is 5.94. The minimum absolute atomic E-state index is 0.344. The van der Waals surface area contributed by atoms with Crippen LogP contribution in [0.15, 0.2) is 36.4 Å². The Kier molecular flexibility index (Phi) is 3.46. The monoisotopic (exact) mass is 259 g/mol. The molecule has 1 N–H and O–H groups in total. The first-order valence-corrected chi connectivity index (χ1v) is 5.94. The van der Waals surface area contributed by atoms with Crippen LogP contribution < -0.4 is 4.90 Å². The predicted octanol–water partition coefficient (Wildman–Crippen LogP) is 1.69. The van der Waals surface area contributed by atoms with E-state index in [0.29, 0.717) is 17.7 Å². The molecule has 1 aliphatic rings. The van der Waals surface area contributed by atoms with Gasteiger partial charge < -0.3 is 5.11 Å². The van der Waals surface area contributed by atoms with Crippen molar-refractivity contribution in [3.05, 3.63) is 42.0 Å². The third-order valence-electron chi connectivity index (χ3n) is 3.07. The van der Waals surface area contributed by atoms with Gasteiger partial charge in [0.15, 0.2) is 0 Å². The van der Waals surface area contributed by atoms with Crippen LogP contribution in [-0.4, -0.2) is 22.9 Å². The average Bonchev–Trinajstić information content (AvgIpc) is 2.70. The molecule has 19 heavy (non-hydrogen) atoms. The van der Waals surface area contributed by atoms with Crippen LogP contribution in [0.25, 0.3) is 0 Å². The van der Waals surface area contributed by atoms with Crippen LogP contribution in [0.3, 0.4) is 0 Å². The summed E-state index contributed by atoms with van der Waals surface area (Å²) in [6.45, 7) is 1.75. The number of amides is 2. The standard InChI is InChI=1S/C14H13NO4/c1-2-9(14(18)19)10-5-3-4-6-11(10)15-12(16)7-8-13(15)17/h3-9H,2H2,1H3,(H,18,19). The summed E-state index contributed by atoms with van der Waals surface area (Å²) in [5.74, 6) is -2.60. The lowest BCUT2D eigenvalue weighted by molar-refractivity contribution is -0.139. The lowest BCUT2D eigenvalue weighted by atomic mass is 9.94. The Morgan fingerprint density at radius 2 is 1.79 bits per heavy atom. The lowest BCUT2D eigenvalue weighted by Crippen LogP contribution is -2.31. The van der Waals surface area contributed by atoms with Gasteiger partial charge in [-0.3, -0.25) is 14.4 Å². The Morgan fingerprint density at radius 1 is 1.21 bits per heavy atom. The van der Waals surface area contributed by atoms with Crippen molar-refractivity contribution in [2.45, 2.75) is 19.3 Å².